The molecule has 1 atom stereocenters. The average Bonchev–Trinajstić information content (AvgIpc) is 3.15. The van der Waals surface area contributed by atoms with Crippen LogP contribution in [0, 0.1) is 0 Å². The first-order valence-electron chi connectivity index (χ1n) is 9.33. The number of halogens is 1. The summed E-state index contributed by atoms with van der Waals surface area (Å²) in [5, 5.41) is 3.79. The molecule has 9 heteroatoms. The Bertz CT molecular complexity index is 897. The number of nitrogens with one attached hydrogen (secondary N) is 1. The van der Waals surface area contributed by atoms with E-state index < -0.39 is 6.04 Å². The topological polar surface area (TPSA) is 84.4 Å². The SMILES string of the molecule is CC(C=O)N1CCc2sc(-c3nc(NC4CCOCC4)ncc3Cl)cc2C1=O. The Labute approximate surface area is 172 Å². The van der Waals surface area contributed by atoms with Crippen molar-refractivity contribution < 1.29 is 14.3 Å². The fraction of sp³-hybridized carbons (Fsp3) is 0.474. The van der Waals surface area contributed by atoms with E-state index in [1.54, 1.807) is 18.0 Å². The van der Waals surface area contributed by atoms with Crippen LogP contribution in [0.1, 0.15) is 35.0 Å². The quantitative estimate of drug-likeness (QED) is 0.748. The van der Waals surface area contributed by atoms with E-state index in [-0.39, 0.29) is 11.9 Å². The van der Waals surface area contributed by atoms with Crippen molar-refractivity contribution in [3.63, 3.8) is 0 Å². The third-order valence-corrected chi connectivity index (χ3v) is 6.58. The molecule has 7 nitrogen and oxygen atoms in total. The summed E-state index contributed by atoms with van der Waals surface area (Å²) in [5.74, 6) is 0.411. The van der Waals surface area contributed by atoms with Crippen LogP contribution in [0.5, 0.6) is 0 Å². The van der Waals surface area contributed by atoms with Gasteiger partial charge in [-0.25, -0.2) is 9.97 Å². The summed E-state index contributed by atoms with van der Waals surface area (Å²) in [4.78, 5) is 36.2. The largest absolute Gasteiger partial charge is 0.381 e. The van der Waals surface area contributed by atoms with Crippen LogP contribution in [0.2, 0.25) is 5.02 Å². The van der Waals surface area contributed by atoms with Gasteiger partial charge in [0.1, 0.15) is 12.0 Å². The molecule has 1 saturated heterocycles. The first-order valence-corrected chi connectivity index (χ1v) is 10.5. The number of carbonyl (C=O) groups excluding carboxylic acids is 2. The first-order chi connectivity index (χ1) is 13.6. The monoisotopic (exact) mass is 420 g/mol. The minimum absolute atomic E-state index is 0.117. The van der Waals surface area contributed by atoms with Crippen LogP contribution in [-0.2, 0) is 16.0 Å². The van der Waals surface area contributed by atoms with Crippen molar-refractivity contribution in [3.05, 3.63) is 27.7 Å². The standard InChI is InChI=1S/C19H21ClN4O3S/c1-11(10-25)24-5-2-15-13(18(24)26)8-16(28-15)17-14(20)9-21-19(23-17)22-12-3-6-27-7-4-12/h8-12H,2-7H2,1H3,(H,21,22,23). The second-order valence-corrected chi connectivity index (χ2v) is 8.54. The maximum Gasteiger partial charge on any atom is 0.255 e. The smallest absolute Gasteiger partial charge is 0.255 e. The highest BCUT2D eigenvalue weighted by molar-refractivity contribution is 7.16. The number of ether oxygens (including phenoxy) is 1. The van der Waals surface area contributed by atoms with Crippen molar-refractivity contribution in [3.8, 4) is 10.6 Å². The molecule has 0 bridgehead atoms. The van der Waals surface area contributed by atoms with Gasteiger partial charge in [0.25, 0.3) is 5.91 Å². The third-order valence-electron chi connectivity index (χ3n) is 5.10. The van der Waals surface area contributed by atoms with E-state index in [0.29, 0.717) is 28.8 Å². The molecule has 1 amide bonds. The van der Waals surface area contributed by atoms with E-state index in [1.807, 2.05) is 6.07 Å². The molecule has 4 heterocycles. The summed E-state index contributed by atoms with van der Waals surface area (Å²) in [6.07, 6.45) is 4.93. The van der Waals surface area contributed by atoms with Gasteiger partial charge in [-0.05, 0) is 25.8 Å². The third kappa shape index (κ3) is 3.76. The van der Waals surface area contributed by atoms with Gasteiger partial charge in [0, 0.05) is 37.1 Å². The van der Waals surface area contributed by atoms with E-state index in [0.717, 1.165) is 48.5 Å². The number of carbonyl (C=O) groups is 2. The number of hydrogen-bond acceptors (Lipinski definition) is 7. The van der Waals surface area contributed by atoms with Gasteiger partial charge in [0.15, 0.2) is 0 Å². The van der Waals surface area contributed by atoms with Crippen LogP contribution in [0.4, 0.5) is 5.95 Å². The number of anilines is 1. The van der Waals surface area contributed by atoms with Crippen LogP contribution in [-0.4, -0.2) is 58.9 Å². The van der Waals surface area contributed by atoms with Crippen molar-refractivity contribution in [1.82, 2.24) is 14.9 Å². The molecule has 1 N–H and O–H groups in total. The number of amides is 1. The number of aromatic nitrogens is 2. The lowest BCUT2D eigenvalue weighted by Crippen LogP contribution is -2.43. The molecule has 0 aromatic carbocycles. The number of fused-ring (bicyclic) bond motifs is 1. The Morgan fingerprint density at radius 2 is 2.21 bits per heavy atom. The van der Waals surface area contributed by atoms with Crippen molar-refractivity contribution in [1.29, 1.82) is 0 Å². The van der Waals surface area contributed by atoms with Crippen molar-refractivity contribution >= 4 is 41.1 Å². The molecule has 0 aliphatic carbocycles. The maximum absolute atomic E-state index is 12.8. The van der Waals surface area contributed by atoms with Gasteiger partial charge in [0.2, 0.25) is 5.95 Å². The average molecular weight is 421 g/mol. The zero-order valence-electron chi connectivity index (χ0n) is 15.5. The summed E-state index contributed by atoms with van der Waals surface area (Å²) in [7, 11) is 0. The lowest BCUT2D eigenvalue weighted by Gasteiger charge is -2.29. The molecule has 2 aliphatic heterocycles. The van der Waals surface area contributed by atoms with E-state index >= 15 is 0 Å². The number of hydrogen-bond donors (Lipinski definition) is 1. The Morgan fingerprint density at radius 1 is 1.43 bits per heavy atom. The highest BCUT2D eigenvalue weighted by atomic mass is 35.5. The Kier molecular flexibility index (Phi) is 5.61. The predicted molar refractivity (Wildman–Crippen MR) is 108 cm³/mol. The molecule has 2 aromatic heterocycles. The number of nitrogens with zero attached hydrogens (tertiary/aromatic N) is 3. The van der Waals surface area contributed by atoms with Gasteiger partial charge in [-0.15, -0.1) is 11.3 Å². The van der Waals surface area contributed by atoms with Crippen LogP contribution < -0.4 is 5.32 Å². The predicted octanol–water partition coefficient (Wildman–Crippen LogP) is 3.04. The fourth-order valence-electron chi connectivity index (χ4n) is 3.49. The maximum atomic E-state index is 12.8. The van der Waals surface area contributed by atoms with Crippen molar-refractivity contribution in [2.45, 2.75) is 38.3 Å². The Morgan fingerprint density at radius 3 is 2.96 bits per heavy atom. The second-order valence-electron chi connectivity index (χ2n) is 6.99. The summed E-state index contributed by atoms with van der Waals surface area (Å²) in [6.45, 7) is 3.74. The van der Waals surface area contributed by atoms with Crippen LogP contribution in [0.25, 0.3) is 10.6 Å². The molecular formula is C19H21ClN4O3S. The fourth-order valence-corrected chi connectivity index (χ4v) is 4.88. The van der Waals surface area contributed by atoms with Crippen LogP contribution in [0.3, 0.4) is 0 Å². The minimum Gasteiger partial charge on any atom is -0.381 e. The van der Waals surface area contributed by atoms with Crippen LogP contribution >= 0.6 is 22.9 Å². The lowest BCUT2D eigenvalue weighted by molar-refractivity contribution is -0.111. The summed E-state index contributed by atoms with van der Waals surface area (Å²) in [6, 6.07) is 1.68. The number of thiophene rings is 1. The molecule has 0 saturated carbocycles. The van der Waals surface area contributed by atoms with Crippen molar-refractivity contribution in [2.75, 3.05) is 25.1 Å². The van der Waals surface area contributed by atoms with Gasteiger partial charge in [-0.3, -0.25) is 4.79 Å². The first kappa shape index (κ1) is 19.3. The van der Waals surface area contributed by atoms with Gasteiger partial charge in [-0.1, -0.05) is 11.6 Å². The van der Waals surface area contributed by atoms with Crippen LogP contribution in [0.15, 0.2) is 12.3 Å². The second kappa shape index (κ2) is 8.14. The molecule has 28 heavy (non-hydrogen) atoms. The van der Waals surface area contributed by atoms with Gasteiger partial charge in [-0.2, -0.15) is 0 Å². The zero-order valence-corrected chi connectivity index (χ0v) is 17.1. The van der Waals surface area contributed by atoms with E-state index in [4.69, 9.17) is 16.3 Å². The van der Waals surface area contributed by atoms with Gasteiger partial charge in [0.05, 0.1) is 27.7 Å². The highest BCUT2D eigenvalue weighted by Crippen LogP contribution is 2.37. The number of aldehydes is 1. The van der Waals surface area contributed by atoms with E-state index in [1.165, 1.54) is 11.3 Å². The highest BCUT2D eigenvalue weighted by Gasteiger charge is 2.30. The minimum atomic E-state index is -0.429. The summed E-state index contributed by atoms with van der Waals surface area (Å²) < 4.78 is 5.38. The van der Waals surface area contributed by atoms with Crippen molar-refractivity contribution in [2.24, 2.45) is 0 Å². The van der Waals surface area contributed by atoms with Gasteiger partial charge >= 0.3 is 0 Å². The molecule has 4 rings (SSSR count). The molecule has 1 fully saturated rings. The van der Waals surface area contributed by atoms with E-state index in [9.17, 15) is 9.59 Å². The molecule has 148 valence electrons. The molecule has 0 spiro atoms. The summed E-state index contributed by atoms with van der Waals surface area (Å²) in [5.41, 5.74) is 1.25. The Balaban J connectivity index is 1.60. The molecule has 0 radical (unpaired) electrons. The molecule has 1 unspecified atom stereocenters. The van der Waals surface area contributed by atoms with Gasteiger partial charge < -0.3 is 19.7 Å². The Hall–Kier alpha value is -2.03. The molecular weight excluding hydrogens is 400 g/mol. The zero-order chi connectivity index (χ0) is 19.7. The lowest BCUT2D eigenvalue weighted by atomic mass is 10.1. The summed E-state index contributed by atoms with van der Waals surface area (Å²) >= 11 is 7.89. The number of rotatable bonds is 5. The molecule has 2 aromatic rings. The normalized spacial score (nSPS) is 18.6. The van der Waals surface area contributed by atoms with E-state index in [2.05, 4.69) is 15.3 Å². The molecule has 2 aliphatic rings.